The van der Waals surface area contributed by atoms with Gasteiger partial charge in [0.15, 0.2) is 0 Å². The predicted molar refractivity (Wildman–Crippen MR) is 112 cm³/mol. The molecular formula is C22H31N3O5. The van der Waals surface area contributed by atoms with Crippen LogP contribution in [0.4, 0.5) is 5.69 Å². The van der Waals surface area contributed by atoms with E-state index < -0.39 is 12.0 Å². The molecule has 30 heavy (non-hydrogen) atoms. The van der Waals surface area contributed by atoms with Crippen LogP contribution < -0.4 is 20.3 Å². The molecule has 0 aromatic heterocycles. The van der Waals surface area contributed by atoms with Gasteiger partial charge in [-0.2, -0.15) is 0 Å². The van der Waals surface area contributed by atoms with Crippen molar-refractivity contribution in [1.82, 2.24) is 10.6 Å². The summed E-state index contributed by atoms with van der Waals surface area (Å²) in [6.45, 7) is 5.25. The van der Waals surface area contributed by atoms with Crippen LogP contribution in [0, 0.1) is 11.8 Å². The SMILES string of the molecule is COc1ccc(N2CC(C(=O)N[C@H](C(=O)NCC3CCCO3)C(C)C)CC2=O)cc1. The van der Waals surface area contributed by atoms with Gasteiger partial charge in [-0.15, -0.1) is 0 Å². The minimum Gasteiger partial charge on any atom is -0.497 e. The van der Waals surface area contributed by atoms with Gasteiger partial charge in [0.1, 0.15) is 11.8 Å². The van der Waals surface area contributed by atoms with E-state index in [1.165, 1.54) is 0 Å². The lowest BCUT2D eigenvalue weighted by Crippen LogP contribution is -2.52. The average Bonchev–Trinajstić information content (AvgIpc) is 3.39. The number of nitrogens with zero attached hydrogens (tertiary/aromatic N) is 1. The lowest BCUT2D eigenvalue weighted by Gasteiger charge is -2.24. The number of hydrogen-bond acceptors (Lipinski definition) is 5. The Morgan fingerprint density at radius 1 is 1.27 bits per heavy atom. The zero-order valence-electron chi connectivity index (χ0n) is 17.8. The van der Waals surface area contributed by atoms with Gasteiger partial charge >= 0.3 is 0 Å². The molecule has 2 heterocycles. The molecule has 2 aliphatic rings. The first-order valence-electron chi connectivity index (χ1n) is 10.5. The number of carbonyl (C=O) groups is 3. The van der Waals surface area contributed by atoms with Crippen molar-refractivity contribution in [3.8, 4) is 5.75 Å². The Morgan fingerprint density at radius 2 is 2.00 bits per heavy atom. The molecule has 164 valence electrons. The third-order valence-electron chi connectivity index (χ3n) is 5.65. The molecule has 1 aromatic rings. The topological polar surface area (TPSA) is 97.0 Å². The van der Waals surface area contributed by atoms with E-state index in [2.05, 4.69) is 10.6 Å². The van der Waals surface area contributed by atoms with Crippen molar-refractivity contribution in [2.75, 3.05) is 31.7 Å². The van der Waals surface area contributed by atoms with Crippen molar-refractivity contribution in [1.29, 1.82) is 0 Å². The van der Waals surface area contributed by atoms with E-state index in [1.807, 2.05) is 13.8 Å². The number of carbonyl (C=O) groups excluding carboxylic acids is 3. The fraction of sp³-hybridized carbons (Fsp3) is 0.591. The fourth-order valence-corrected chi connectivity index (χ4v) is 3.83. The molecule has 2 N–H and O–H groups in total. The Balaban J connectivity index is 1.57. The van der Waals surface area contributed by atoms with Crippen molar-refractivity contribution < 1.29 is 23.9 Å². The molecule has 0 spiro atoms. The van der Waals surface area contributed by atoms with Crippen LogP contribution in [0.5, 0.6) is 5.75 Å². The van der Waals surface area contributed by atoms with Gasteiger partial charge in [-0.25, -0.2) is 0 Å². The first kappa shape index (κ1) is 22.1. The summed E-state index contributed by atoms with van der Waals surface area (Å²) in [6, 6.07) is 6.51. The van der Waals surface area contributed by atoms with Gasteiger partial charge in [0, 0.05) is 31.8 Å². The highest BCUT2D eigenvalue weighted by atomic mass is 16.5. The van der Waals surface area contributed by atoms with Crippen molar-refractivity contribution in [2.45, 2.75) is 45.3 Å². The van der Waals surface area contributed by atoms with Gasteiger partial charge in [0.05, 0.1) is 19.1 Å². The lowest BCUT2D eigenvalue weighted by molar-refractivity contribution is -0.132. The second-order valence-corrected chi connectivity index (χ2v) is 8.21. The molecule has 8 heteroatoms. The molecule has 0 saturated carbocycles. The number of nitrogens with one attached hydrogen (secondary N) is 2. The zero-order valence-corrected chi connectivity index (χ0v) is 17.8. The van der Waals surface area contributed by atoms with Crippen molar-refractivity contribution >= 4 is 23.4 Å². The van der Waals surface area contributed by atoms with Crippen LogP contribution in [-0.4, -0.2) is 56.7 Å². The molecule has 8 nitrogen and oxygen atoms in total. The molecule has 1 aromatic carbocycles. The highest BCUT2D eigenvalue weighted by Crippen LogP contribution is 2.27. The van der Waals surface area contributed by atoms with Gasteiger partial charge in [-0.1, -0.05) is 13.8 Å². The fourth-order valence-electron chi connectivity index (χ4n) is 3.83. The Labute approximate surface area is 177 Å². The zero-order chi connectivity index (χ0) is 21.7. The van der Waals surface area contributed by atoms with Crippen LogP contribution in [-0.2, 0) is 19.1 Å². The van der Waals surface area contributed by atoms with Gasteiger partial charge in [-0.3, -0.25) is 14.4 Å². The third kappa shape index (κ3) is 5.30. The van der Waals surface area contributed by atoms with Gasteiger partial charge in [0.25, 0.3) is 0 Å². The smallest absolute Gasteiger partial charge is 0.242 e. The molecule has 0 bridgehead atoms. The maximum absolute atomic E-state index is 12.8. The average molecular weight is 418 g/mol. The molecule has 0 aliphatic carbocycles. The molecule has 2 aliphatic heterocycles. The Morgan fingerprint density at radius 3 is 2.60 bits per heavy atom. The highest BCUT2D eigenvalue weighted by molar-refractivity contribution is 6.01. The maximum atomic E-state index is 12.8. The van der Waals surface area contributed by atoms with E-state index >= 15 is 0 Å². The van der Waals surface area contributed by atoms with Crippen LogP contribution in [0.15, 0.2) is 24.3 Å². The molecular weight excluding hydrogens is 386 g/mol. The predicted octanol–water partition coefficient (Wildman–Crippen LogP) is 1.48. The van der Waals surface area contributed by atoms with Crippen molar-refractivity contribution in [3.05, 3.63) is 24.3 Å². The van der Waals surface area contributed by atoms with Crippen LogP contribution >= 0.6 is 0 Å². The van der Waals surface area contributed by atoms with Crippen LogP contribution in [0.1, 0.15) is 33.1 Å². The quantitative estimate of drug-likeness (QED) is 0.668. The van der Waals surface area contributed by atoms with E-state index in [9.17, 15) is 14.4 Å². The van der Waals surface area contributed by atoms with E-state index in [4.69, 9.17) is 9.47 Å². The molecule has 2 unspecified atom stereocenters. The summed E-state index contributed by atoms with van der Waals surface area (Å²) in [5.41, 5.74) is 0.728. The number of amides is 3. The highest BCUT2D eigenvalue weighted by Gasteiger charge is 2.37. The summed E-state index contributed by atoms with van der Waals surface area (Å²) in [7, 11) is 1.58. The van der Waals surface area contributed by atoms with Gasteiger partial charge in [-0.05, 0) is 43.0 Å². The standard InChI is InChI=1S/C22H31N3O5/c1-14(2)20(22(28)23-12-18-5-4-10-30-18)24-21(27)15-11-19(26)25(13-15)16-6-8-17(29-3)9-7-16/h6-9,14-15,18,20H,4-5,10-13H2,1-3H3,(H,23,28)(H,24,27)/t15?,18?,20-/m0/s1. The maximum Gasteiger partial charge on any atom is 0.242 e. The van der Waals surface area contributed by atoms with E-state index in [1.54, 1.807) is 36.3 Å². The van der Waals surface area contributed by atoms with E-state index in [-0.39, 0.29) is 36.2 Å². The first-order valence-corrected chi connectivity index (χ1v) is 10.5. The van der Waals surface area contributed by atoms with Crippen LogP contribution in [0.2, 0.25) is 0 Å². The normalized spacial score (nSPS) is 22.3. The summed E-state index contributed by atoms with van der Waals surface area (Å²) in [5.74, 6) is -0.465. The first-order chi connectivity index (χ1) is 14.4. The molecule has 3 rings (SSSR count). The minimum atomic E-state index is -0.649. The van der Waals surface area contributed by atoms with Crippen molar-refractivity contribution in [3.63, 3.8) is 0 Å². The third-order valence-corrected chi connectivity index (χ3v) is 5.65. The molecule has 3 amide bonds. The summed E-state index contributed by atoms with van der Waals surface area (Å²) < 4.78 is 10.7. The lowest BCUT2D eigenvalue weighted by atomic mass is 10.0. The van der Waals surface area contributed by atoms with Gasteiger partial charge in [0.2, 0.25) is 17.7 Å². The van der Waals surface area contributed by atoms with E-state index in [0.29, 0.717) is 18.8 Å². The molecule has 2 fully saturated rings. The second-order valence-electron chi connectivity index (χ2n) is 8.21. The Hall–Kier alpha value is -2.61. The minimum absolute atomic E-state index is 0.0444. The van der Waals surface area contributed by atoms with Crippen LogP contribution in [0.25, 0.3) is 0 Å². The van der Waals surface area contributed by atoms with Gasteiger partial charge < -0.3 is 25.0 Å². The number of benzene rings is 1. The second kappa shape index (κ2) is 9.93. The molecule has 3 atom stereocenters. The number of rotatable bonds is 8. The monoisotopic (exact) mass is 417 g/mol. The van der Waals surface area contributed by atoms with E-state index in [0.717, 1.165) is 25.1 Å². The summed E-state index contributed by atoms with van der Waals surface area (Å²) in [5, 5.41) is 5.74. The Kier molecular flexibility index (Phi) is 7.31. The largest absolute Gasteiger partial charge is 0.497 e. The van der Waals surface area contributed by atoms with Crippen molar-refractivity contribution in [2.24, 2.45) is 11.8 Å². The summed E-state index contributed by atoms with van der Waals surface area (Å²) in [6.07, 6.45) is 2.11. The number of anilines is 1. The molecule has 2 saturated heterocycles. The number of ether oxygens (including phenoxy) is 2. The summed E-state index contributed by atoms with van der Waals surface area (Å²) in [4.78, 5) is 39.5. The Bertz CT molecular complexity index is 759. The number of hydrogen-bond donors (Lipinski definition) is 2. The molecule has 0 radical (unpaired) electrons. The number of methoxy groups -OCH3 is 1. The summed E-state index contributed by atoms with van der Waals surface area (Å²) >= 11 is 0. The van der Waals surface area contributed by atoms with Crippen LogP contribution in [0.3, 0.4) is 0 Å².